The van der Waals surface area contributed by atoms with Gasteiger partial charge in [-0.25, -0.2) is 4.57 Å². The van der Waals surface area contributed by atoms with Gasteiger partial charge in [0.05, 0.1) is 7.05 Å². The minimum absolute atomic E-state index is 0.906. The molecule has 0 saturated heterocycles. The van der Waals surface area contributed by atoms with E-state index in [1.165, 1.54) is 27.9 Å². The molecular weight excluding hydrogens is 304 g/mol. The zero-order valence-corrected chi connectivity index (χ0v) is 15.0. The molecule has 1 aromatic heterocycles. The molecule has 126 valence electrons. The lowest BCUT2D eigenvalue weighted by Gasteiger charge is -2.01. The van der Waals surface area contributed by atoms with E-state index in [2.05, 4.69) is 109 Å². The molecule has 3 rings (SSSR count). The topological polar surface area (TPSA) is 20.5 Å². The van der Waals surface area contributed by atoms with Crippen LogP contribution in [0.4, 0.5) is 5.69 Å². The highest BCUT2D eigenvalue weighted by Crippen LogP contribution is 2.10. The summed E-state index contributed by atoms with van der Waals surface area (Å²) in [5.74, 6) is 0. The van der Waals surface area contributed by atoms with Gasteiger partial charge >= 0.3 is 0 Å². The number of pyridine rings is 1. The number of nitrogens with two attached hydrogens (primary N) is 1. The number of hydrogen-bond donors (Lipinski definition) is 1. The highest BCUT2D eigenvalue weighted by molar-refractivity contribution is 5.69. The summed E-state index contributed by atoms with van der Waals surface area (Å²) in [5, 5.41) is 2.11. The fourth-order valence-corrected chi connectivity index (χ4v) is 2.77. The van der Waals surface area contributed by atoms with E-state index in [9.17, 15) is 0 Å². The van der Waals surface area contributed by atoms with Gasteiger partial charge in [-0.1, -0.05) is 43.3 Å². The van der Waals surface area contributed by atoms with Crippen LogP contribution in [0.15, 0.2) is 73.1 Å². The number of aryl methyl sites for hydroxylation is 1. The summed E-state index contributed by atoms with van der Waals surface area (Å²) in [6, 6.07) is 21.8. The second-order valence-electron chi connectivity index (χ2n) is 6.26. The molecule has 1 heterocycles. The molecule has 2 aromatic carbocycles. The van der Waals surface area contributed by atoms with Crippen molar-refractivity contribution < 1.29 is 9.88 Å². The fourth-order valence-electron chi connectivity index (χ4n) is 2.77. The highest BCUT2D eigenvalue weighted by Gasteiger charge is 2.02. The number of rotatable bonds is 6. The average molecular weight is 330 g/mol. The summed E-state index contributed by atoms with van der Waals surface area (Å²) in [6.07, 6.45) is 9.69. The molecule has 0 bridgehead atoms. The zero-order valence-electron chi connectivity index (χ0n) is 15.0. The van der Waals surface area contributed by atoms with Crippen molar-refractivity contribution in [3.8, 4) is 0 Å². The third kappa shape index (κ3) is 4.88. The second kappa shape index (κ2) is 8.41. The van der Waals surface area contributed by atoms with Crippen LogP contribution >= 0.6 is 0 Å². The van der Waals surface area contributed by atoms with E-state index in [0.29, 0.717) is 0 Å². The van der Waals surface area contributed by atoms with Crippen molar-refractivity contribution in [1.82, 2.24) is 0 Å². The second-order valence-corrected chi connectivity index (χ2v) is 6.26. The molecule has 0 atom stereocenters. The standard InChI is InChI=1S/C23H24N2/c1-3-19-4-8-22(9-5-19)18-25-16-14-21(15-17-25)7-6-20-10-12-23(24-2)13-11-20/h4-17H,3,18H2,1-2H3/p+2. The molecule has 0 fully saturated rings. The van der Waals surface area contributed by atoms with Crippen LogP contribution in [0.2, 0.25) is 0 Å². The van der Waals surface area contributed by atoms with Gasteiger partial charge in [0, 0.05) is 17.7 Å². The quantitative estimate of drug-likeness (QED) is 0.527. The predicted molar refractivity (Wildman–Crippen MR) is 104 cm³/mol. The predicted octanol–water partition coefficient (Wildman–Crippen LogP) is 3.58. The molecule has 0 amide bonds. The van der Waals surface area contributed by atoms with Crippen LogP contribution in [0.25, 0.3) is 12.2 Å². The van der Waals surface area contributed by atoms with Gasteiger partial charge in [0.2, 0.25) is 0 Å². The number of benzene rings is 2. The van der Waals surface area contributed by atoms with E-state index in [4.69, 9.17) is 0 Å². The lowest BCUT2D eigenvalue weighted by atomic mass is 10.1. The number of quaternary nitrogens is 1. The normalized spacial score (nSPS) is 11.1. The van der Waals surface area contributed by atoms with E-state index in [1.54, 1.807) is 0 Å². The lowest BCUT2D eigenvalue weighted by molar-refractivity contribution is -0.688. The Morgan fingerprint density at radius 3 is 1.88 bits per heavy atom. The van der Waals surface area contributed by atoms with Gasteiger partial charge in [-0.2, -0.15) is 0 Å². The van der Waals surface area contributed by atoms with Crippen LogP contribution in [-0.2, 0) is 13.0 Å². The first-order chi connectivity index (χ1) is 12.3. The van der Waals surface area contributed by atoms with Gasteiger partial charge in [-0.15, -0.1) is 0 Å². The van der Waals surface area contributed by atoms with Gasteiger partial charge in [-0.3, -0.25) is 0 Å². The Labute approximate surface area is 150 Å². The average Bonchev–Trinajstić information content (AvgIpc) is 2.68. The molecule has 2 nitrogen and oxygen atoms in total. The van der Waals surface area contributed by atoms with E-state index >= 15 is 0 Å². The molecule has 0 spiro atoms. The SMILES string of the molecule is CCc1ccc(C[n+]2ccc(C=Cc3ccc([NH2+]C)cc3)cc2)cc1. The summed E-state index contributed by atoms with van der Waals surface area (Å²) >= 11 is 0. The van der Waals surface area contributed by atoms with Gasteiger partial charge in [0.1, 0.15) is 5.69 Å². The van der Waals surface area contributed by atoms with Crippen molar-refractivity contribution in [2.24, 2.45) is 0 Å². The Hall–Kier alpha value is -2.71. The van der Waals surface area contributed by atoms with E-state index in [1.807, 2.05) is 0 Å². The highest BCUT2D eigenvalue weighted by atomic mass is 14.9. The Morgan fingerprint density at radius 2 is 1.32 bits per heavy atom. The molecule has 0 aliphatic heterocycles. The minimum atomic E-state index is 0.906. The van der Waals surface area contributed by atoms with E-state index in [0.717, 1.165) is 13.0 Å². The van der Waals surface area contributed by atoms with Gasteiger partial charge in [0.25, 0.3) is 0 Å². The van der Waals surface area contributed by atoms with E-state index < -0.39 is 0 Å². The Kier molecular flexibility index (Phi) is 5.76. The Bertz CT molecular complexity index is 813. The number of aromatic nitrogens is 1. The summed E-state index contributed by atoms with van der Waals surface area (Å²) in [4.78, 5) is 0. The van der Waals surface area contributed by atoms with Crippen LogP contribution in [0.3, 0.4) is 0 Å². The first-order valence-electron chi connectivity index (χ1n) is 8.91. The van der Waals surface area contributed by atoms with E-state index in [-0.39, 0.29) is 0 Å². The van der Waals surface area contributed by atoms with Crippen molar-refractivity contribution >= 4 is 17.8 Å². The zero-order chi connectivity index (χ0) is 17.5. The third-order valence-corrected chi connectivity index (χ3v) is 4.45. The van der Waals surface area contributed by atoms with Crippen molar-refractivity contribution in [2.75, 3.05) is 7.05 Å². The van der Waals surface area contributed by atoms with Crippen LogP contribution in [0.1, 0.15) is 29.2 Å². The first-order valence-corrected chi connectivity index (χ1v) is 8.91. The number of hydrogen-bond acceptors (Lipinski definition) is 0. The molecule has 0 aliphatic rings. The maximum absolute atomic E-state index is 2.22. The van der Waals surface area contributed by atoms with Crippen molar-refractivity contribution in [3.05, 3.63) is 95.3 Å². The first kappa shape index (κ1) is 17.1. The molecule has 2 N–H and O–H groups in total. The van der Waals surface area contributed by atoms with Crippen LogP contribution in [0, 0.1) is 0 Å². The van der Waals surface area contributed by atoms with Crippen molar-refractivity contribution in [2.45, 2.75) is 19.9 Å². The molecule has 3 aromatic rings. The number of nitrogens with zero attached hydrogens (tertiary/aromatic N) is 1. The molecule has 25 heavy (non-hydrogen) atoms. The molecule has 2 heteroatoms. The lowest BCUT2D eigenvalue weighted by Crippen LogP contribution is -2.72. The van der Waals surface area contributed by atoms with Crippen LogP contribution in [0.5, 0.6) is 0 Å². The van der Waals surface area contributed by atoms with Crippen molar-refractivity contribution in [1.29, 1.82) is 0 Å². The maximum atomic E-state index is 2.22. The van der Waals surface area contributed by atoms with Crippen molar-refractivity contribution in [3.63, 3.8) is 0 Å². The largest absolute Gasteiger partial charge is 0.316 e. The van der Waals surface area contributed by atoms with Gasteiger partial charge in [0.15, 0.2) is 18.9 Å². The monoisotopic (exact) mass is 330 g/mol. The molecule has 0 saturated carbocycles. The summed E-state index contributed by atoms with van der Waals surface area (Å²) < 4.78 is 2.21. The van der Waals surface area contributed by atoms with Crippen LogP contribution < -0.4 is 9.88 Å². The maximum Gasteiger partial charge on any atom is 0.173 e. The molecular formula is C23H26N2+2. The minimum Gasteiger partial charge on any atom is -0.316 e. The fraction of sp³-hybridized carbons (Fsp3) is 0.174. The summed E-state index contributed by atoms with van der Waals surface area (Å²) in [5.41, 5.74) is 6.41. The molecule has 0 unspecified atom stereocenters. The Morgan fingerprint density at radius 1 is 0.760 bits per heavy atom. The molecule has 0 radical (unpaired) electrons. The summed E-state index contributed by atoms with van der Waals surface area (Å²) in [6.45, 7) is 3.09. The Balaban J connectivity index is 1.63. The van der Waals surface area contributed by atoms with Gasteiger partial charge in [-0.05, 0) is 47.4 Å². The third-order valence-electron chi connectivity index (χ3n) is 4.45. The van der Waals surface area contributed by atoms with Gasteiger partial charge < -0.3 is 5.32 Å². The van der Waals surface area contributed by atoms with Crippen LogP contribution in [-0.4, -0.2) is 7.05 Å². The molecule has 0 aliphatic carbocycles. The summed E-state index contributed by atoms with van der Waals surface area (Å²) in [7, 11) is 2.06. The smallest absolute Gasteiger partial charge is 0.173 e.